The topological polar surface area (TPSA) is 178 Å². The number of amides is 3. The van der Waals surface area contributed by atoms with Gasteiger partial charge in [0.1, 0.15) is 24.2 Å². The number of nitrogens with one attached hydrogen (secondary N) is 4. The summed E-state index contributed by atoms with van der Waals surface area (Å²) in [5.74, 6) is -2.65. The first-order valence-electron chi connectivity index (χ1n) is 16.9. The van der Waals surface area contributed by atoms with E-state index in [1.807, 2.05) is 58.0 Å². The predicted molar refractivity (Wildman–Crippen MR) is 190 cm³/mol. The van der Waals surface area contributed by atoms with Crippen molar-refractivity contribution in [2.24, 2.45) is 11.8 Å². The number of carbonyl (C=O) groups excluding carboxylic acids is 4. The second kappa shape index (κ2) is 16.2. The molecule has 51 heavy (non-hydrogen) atoms. The first-order chi connectivity index (χ1) is 24.4. The number of aryl methyl sites for hydroxylation is 1. The second-order valence-corrected chi connectivity index (χ2v) is 13.8. The largest absolute Gasteiger partial charge is 0.463 e. The zero-order valence-corrected chi connectivity index (χ0v) is 30.6. The molecule has 4 N–H and O–H groups in total. The summed E-state index contributed by atoms with van der Waals surface area (Å²) in [5, 5.41) is 14.1. The number of H-pyrrole nitrogens is 1. The number of benzene rings is 2. The summed E-state index contributed by atoms with van der Waals surface area (Å²) in [5.41, 5.74) is 1.60. The highest BCUT2D eigenvalue weighted by Gasteiger charge is 2.47. The Morgan fingerprint density at radius 2 is 1.76 bits per heavy atom. The van der Waals surface area contributed by atoms with E-state index in [4.69, 9.17) is 37.2 Å². The molecule has 5 atom stereocenters. The standard InChI is InChI=1S/C36H42Cl2N6O7/c1-6-19(3)27(41-35(48)50-18-21-11-9-8-10-12-21)31(45)43-36(14-13-26-24(17-36)23-15-22(37)16-25(38)29(23)39-26)34(47)40-28(20(4)7-2)32-42-30(44-51-32)33(46)49-5/h8-12,15-16,19-20,27-28,39H,6-7,13-14,17-18H2,1-5H3,(H,40,47)(H,41,48)(H,43,45)/t19?,20-,27?,28?,36-/m0/s1. The van der Waals surface area contributed by atoms with Gasteiger partial charge in [-0.3, -0.25) is 9.59 Å². The summed E-state index contributed by atoms with van der Waals surface area (Å²) >= 11 is 13.0. The Kier molecular flexibility index (Phi) is 11.9. The quantitative estimate of drug-likeness (QED) is 0.116. The van der Waals surface area contributed by atoms with Crippen LogP contribution in [0, 0.1) is 11.8 Å². The molecule has 0 saturated heterocycles. The van der Waals surface area contributed by atoms with Crippen LogP contribution in [-0.2, 0) is 38.5 Å². The molecule has 2 aromatic heterocycles. The van der Waals surface area contributed by atoms with Crippen LogP contribution in [0.4, 0.5) is 4.79 Å². The Balaban J connectivity index is 1.49. The van der Waals surface area contributed by atoms with Gasteiger partial charge in [0.15, 0.2) is 0 Å². The number of methoxy groups -OCH3 is 1. The van der Waals surface area contributed by atoms with E-state index in [-0.39, 0.29) is 43.0 Å². The highest BCUT2D eigenvalue weighted by Crippen LogP contribution is 2.39. The third-order valence-electron chi connectivity index (χ3n) is 9.65. The Labute approximate surface area is 305 Å². The number of alkyl carbamates (subject to hydrolysis) is 1. The van der Waals surface area contributed by atoms with E-state index in [1.54, 1.807) is 12.1 Å². The van der Waals surface area contributed by atoms with Gasteiger partial charge in [-0.15, -0.1) is 0 Å². The lowest BCUT2D eigenvalue weighted by Crippen LogP contribution is -2.65. The fourth-order valence-corrected chi connectivity index (χ4v) is 6.77. The molecule has 0 aliphatic heterocycles. The molecular formula is C36H42Cl2N6O7. The molecule has 0 bridgehead atoms. The number of ether oxygens (including phenoxy) is 2. The van der Waals surface area contributed by atoms with E-state index >= 15 is 0 Å². The van der Waals surface area contributed by atoms with Gasteiger partial charge < -0.3 is 34.9 Å². The fourth-order valence-electron chi connectivity index (χ4n) is 6.23. The molecule has 2 aromatic carbocycles. The van der Waals surface area contributed by atoms with Crippen LogP contribution in [-0.4, -0.2) is 57.7 Å². The molecule has 0 spiro atoms. The molecule has 5 rings (SSSR count). The Morgan fingerprint density at radius 1 is 1.04 bits per heavy atom. The van der Waals surface area contributed by atoms with Crippen LogP contribution >= 0.6 is 23.2 Å². The maximum Gasteiger partial charge on any atom is 0.408 e. The second-order valence-electron chi connectivity index (χ2n) is 13.0. The van der Waals surface area contributed by atoms with Crippen LogP contribution in [0.1, 0.15) is 86.3 Å². The van der Waals surface area contributed by atoms with E-state index in [0.717, 1.165) is 22.2 Å². The molecule has 3 unspecified atom stereocenters. The SMILES string of the molecule is CCC(C)C(NC(=O)OCc1ccccc1)C(=O)N[C@@]1(C(=O)NC(c2nc(C(=O)OC)no2)[C@@H](C)CC)CCc2[nH]c3c(Cl)cc(Cl)cc3c2C1. The summed E-state index contributed by atoms with van der Waals surface area (Å²) in [6.45, 7) is 7.59. The average Bonchev–Trinajstić information content (AvgIpc) is 3.76. The van der Waals surface area contributed by atoms with Crippen molar-refractivity contribution in [3.8, 4) is 0 Å². The number of aromatic nitrogens is 3. The summed E-state index contributed by atoms with van der Waals surface area (Å²) in [7, 11) is 1.20. The van der Waals surface area contributed by atoms with Crippen LogP contribution < -0.4 is 16.0 Å². The van der Waals surface area contributed by atoms with Crippen molar-refractivity contribution < 1.29 is 33.2 Å². The van der Waals surface area contributed by atoms with Gasteiger partial charge in [0.25, 0.3) is 5.82 Å². The lowest BCUT2D eigenvalue weighted by atomic mass is 9.78. The number of halogens is 2. The van der Waals surface area contributed by atoms with E-state index in [1.165, 1.54) is 7.11 Å². The van der Waals surface area contributed by atoms with Crippen molar-refractivity contribution in [2.75, 3.05) is 7.11 Å². The maximum absolute atomic E-state index is 14.7. The number of fused-ring (bicyclic) bond motifs is 3. The molecule has 0 fully saturated rings. The minimum Gasteiger partial charge on any atom is -0.463 e. The lowest BCUT2D eigenvalue weighted by Gasteiger charge is -2.39. The minimum absolute atomic E-state index is 0.0158. The number of rotatable bonds is 13. The van der Waals surface area contributed by atoms with E-state index in [0.29, 0.717) is 34.8 Å². The van der Waals surface area contributed by atoms with Gasteiger partial charge in [-0.25, -0.2) is 9.59 Å². The molecule has 1 aliphatic rings. The van der Waals surface area contributed by atoms with Gasteiger partial charge in [-0.1, -0.05) is 94.1 Å². The van der Waals surface area contributed by atoms with Crippen molar-refractivity contribution in [2.45, 2.75) is 84.0 Å². The van der Waals surface area contributed by atoms with Crippen molar-refractivity contribution in [3.05, 3.63) is 81.0 Å². The smallest absolute Gasteiger partial charge is 0.408 e. The van der Waals surface area contributed by atoms with Gasteiger partial charge in [-0.05, 0) is 53.1 Å². The Morgan fingerprint density at radius 3 is 2.45 bits per heavy atom. The first kappa shape index (κ1) is 37.6. The van der Waals surface area contributed by atoms with Crippen LogP contribution in [0.15, 0.2) is 47.0 Å². The Hall–Kier alpha value is -4.62. The number of nitrogens with zero attached hydrogens (tertiary/aromatic N) is 2. The van der Waals surface area contributed by atoms with Crippen molar-refractivity contribution in [3.63, 3.8) is 0 Å². The fraction of sp³-hybridized carbons (Fsp3) is 0.444. The first-order valence-corrected chi connectivity index (χ1v) is 17.7. The van der Waals surface area contributed by atoms with Crippen molar-refractivity contribution in [1.82, 2.24) is 31.1 Å². The Bertz CT molecular complexity index is 1900. The third-order valence-corrected chi connectivity index (χ3v) is 10.2. The van der Waals surface area contributed by atoms with Crippen LogP contribution in [0.2, 0.25) is 10.0 Å². The molecule has 15 heteroatoms. The summed E-state index contributed by atoms with van der Waals surface area (Å²) in [4.78, 5) is 61.7. The molecular weight excluding hydrogens is 699 g/mol. The highest BCUT2D eigenvalue weighted by molar-refractivity contribution is 6.38. The number of hydrogen-bond acceptors (Lipinski definition) is 9. The van der Waals surface area contributed by atoms with Crippen molar-refractivity contribution in [1.29, 1.82) is 0 Å². The van der Waals surface area contributed by atoms with E-state index in [9.17, 15) is 19.2 Å². The predicted octanol–water partition coefficient (Wildman–Crippen LogP) is 6.23. The van der Waals surface area contributed by atoms with Crippen LogP contribution in [0.25, 0.3) is 10.9 Å². The van der Waals surface area contributed by atoms with E-state index < -0.39 is 41.5 Å². The summed E-state index contributed by atoms with van der Waals surface area (Å²) in [6.07, 6.45) is 1.05. The highest BCUT2D eigenvalue weighted by atomic mass is 35.5. The molecule has 2 heterocycles. The van der Waals surface area contributed by atoms with Gasteiger partial charge in [-0.2, -0.15) is 4.98 Å². The van der Waals surface area contributed by atoms with E-state index in [2.05, 4.69) is 31.1 Å². The van der Waals surface area contributed by atoms with Crippen molar-refractivity contribution >= 4 is 58.0 Å². The molecule has 0 saturated carbocycles. The minimum atomic E-state index is -1.51. The lowest BCUT2D eigenvalue weighted by molar-refractivity contribution is -0.136. The molecule has 13 nitrogen and oxygen atoms in total. The van der Waals surface area contributed by atoms with Crippen LogP contribution in [0.5, 0.6) is 0 Å². The summed E-state index contributed by atoms with van der Waals surface area (Å²) in [6, 6.07) is 10.8. The normalized spacial score (nSPS) is 17.8. The number of aromatic amines is 1. The third kappa shape index (κ3) is 8.31. The number of esters is 1. The van der Waals surface area contributed by atoms with Crippen LogP contribution in [0.3, 0.4) is 0 Å². The van der Waals surface area contributed by atoms with Gasteiger partial charge >= 0.3 is 12.1 Å². The number of hydrogen-bond donors (Lipinski definition) is 4. The van der Waals surface area contributed by atoms with Gasteiger partial charge in [0, 0.05) is 22.5 Å². The molecule has 3 amide bonds. The monoisotopic (exact) mass is 740 g/mol. The zero-order chi connectivity index (χ0) is 36.9. The zero-order valence-electron chi connectivity index (χ0n) is 29.1. The van der Waals surface area contributed by atoms with Gasteiger partial charge in [0.05, 0.1) is 17.6 Å². The molecule has 1 aliphatic carbocycles. The molecule has 272 valence electrons. The summed E-state index contributed by atoms with van der Waals surface area (Å²) < 4.78 is 15.6. The maximum atomic E-state index is 14.7. The van der Waals surface area contributed by atoms with Gasteiger partial charge in [0.2, 0.25) is 17.7 Å². The molecule has 0 radical (unpaired) electrons. The average molecular weight is 742 g/mol. The number of carbonyl (C=O) groups is 4. The molecule has 4 aromatic rings.